The van der Waals surface area contributed by atoms with Gasteiger partial charge in [0.05, 0.1) is 12.3 Å². The number of hydrogen-bond donors (Lipinski definition) is 4. The summed E-state index contributed by atoms with van der Waals surface area (Å²) in [5, 5.41) is 34.4. The van der Waals surface area contributed by atoms with Gasteiger partial charge in [0, 0.05) is 0 Å². The second-order valence-corrected chi connectivity index (χ2v) is 4.83. The summed E-state index contributed by atoms with van der Waals surface area (Å²) in [6, 6.07) is 3.15. The summed E-state index contributed by atoms with van der Waals surface area (Å²) in [5.74, 6) is 2.51. The molecule has 2 aromatic heterocycles. The Balaban J connectivity index is 2.20. The minimum atomic E-state index is -1.91. The van der Waals surface area contributed by atoms with Gasteiger partial charge >= 0.3 is 0 Å². The fourth-order valence-corrected chi connectivity index (χ4v) is 2.64. The molecule has 1 aliphatic rings. The smallest absolute Gasteiger partial charge is 0.172 e. The predicted octanol–water partition coefficient (Wildman–Crippen LogP) is -1.75. The van der Waals surface area contributed by atoms with Crippen LogP contribution in [-0.4, -0.2) is 54.8 Å². The van der Waals surface area contributed by atoms with Gasteiger partial charge in [-0.15, -0.1) is 6.42 Å². The number of hydrogen-bond acceptors (Lipinski definition) is 7. The summed E-state index contributed by atoms with van der Waals surface area (Å²) < 4.78 is 6.66. The zero-order valence-electron chi connectivity index (χ0n) is 10.9. The molecule has 3 heterocycles. The number of fused-ring (bicyclic) bond motifs is 1. The largest absolute Gasteiger partial charge is 0.394 e. The lowest BCUT2D eigenvalue weighted by Crippen LogP contribution is -2.46. The molecule has 1 aliphatic heterocycles. The fraction of sp³-hybridized carbons (Fsp3) is 0.385. The van der Waals surface area contributed by atoms with Crippen molar-refractivity contribution in [2.45, 2.75) is 23.9 Å². The van der Waals surface area contributed by atoms with Gasteiger partial charge in [-0.1, -0.05) is 5.92 Å². The van der Waals surface area contributed by atoms with Gasteiger partial charge in [-0.25, -0.2) is 9.50 Å². The molecule has 3 rings (SSSR count). The van der Waals surface area contributed by atoms with Crippen molar-refractivity contribution in [1.29, 1.82) is 0 Å². The number of aromatic nitrogens is 3. The van der Waals surface area contributed by atoms with Crippen LogP contribution in [0.2, 0.25) is 0 Å². The first-order chi connectivity index (χ1) is 10.0. The van der Waals surface area contributed by atoms with Crippen LogP contribution in [0.1, 0.15) is 5.69 Å². The van der Waals surface area contributed by atoms with Gasteiger partial charge in [0.25, 0.3) is 0 Å². The minimum Gasteiger partial charge on any atom is -0.394 e. The van der Waals surface area contributed by atoms with E-state index in [0.717, 1.165) is 0 Å². The molecular weight excluding hydrogens is 276 g/mol. The lowest BCUT2D eigenvalue weighted by atomic mass is 9.87. The number of nitrogens with zero attached hydrogens (tertiary/aromatic N) is 3. The average Bonchev–Trinajstić information content (AvgIpc) is 3.02. The van der Waals surface area contributed by atoms with Gasteiger partial charge in [-0.3, -0.25) is 0 Å². The molecule has 1 fully saturated rings. The Morgan fingerprint density at radius 2 is 2.29 bits per heavy atom. The van der Waals surface area contributed by atoms with E-state index >= 15 is 0 Å². The highest BCUT2D eigenvalue weighted by Crippen LogP contribution is 2.40. The van der Waals surface area contributed by atoms with E-state index in [-0.39, 0.29) is 11.5 Å². The number of aliphatic hydroxyl groups is 3. The van der Waals surface area contributed by atoms with Crippen LogP contribution < -0.4 is 5.73 Å². The molecule has 1 saturated heterocycles. The van der Waals surface area contributed by atoms with Crippen LogP contribution in [0, 0.1) is 12.3 Å². The Labute approximate surface area is 119 Å². The minimum absolute atomic E-state index is 0.220. The molecule has 0 aromatic carbocycles. The normalized spacial score (nSPS) is 32.4. The molecule has 2 aromatic rings. The van der Waals surface area contributed by atoms with Crippen molar-refractivity contribution in [3.05, 3.63) is 24.2 Å². The lowest BCUT2D eigenvalue weighted by molar-refractivity contribution is -0.0732. The van der Waals surface area contributed by atoms with Crippen molar-refractivity contribution in [3.8, 4) is 12.3 Å². The lowest BCUT2D eigenvalue weighted by Gasteiger charge is -2.28. The Bertz CT molecular complexity index is 725. The molecule has 0 saturated carbocycles. The third kappa shape index (κ3) is 1.73. The van der Waals surface area contributed by atoms with Crippen LogP contribution in [0.15, 0.2) is 18.5 Å². The van der Waals surface area contributed by atoms with Crippen molar-refractivity contribution < 1.29 is 20.1 Å². The first kappa shape index (κ1) is 13.8. The van der Waals surface area contributed by atoms with Crippen molar-refractivity contribution in [2.75, 3.05) is 12.3 Å². The molecule has 0 aliphatic carbocycles. The summed E-state index contributed by atoms with van der Waals surface area (Å²) in [6.07, 6.45) is 3.09. The molecule has 0 radical (unpaired) electrons. The molecule has 21 heavy (non-hydrogen) atoms. The first-order valence-electron chi connectivity index (χ1n) is 6.25. The van der Waals surface area contributed by atoms with Gasteiger partial charge < -0.3 is 25.8 Å². The highest BCUT2D eigenvalue weighted by atomic mass is 16.6. The van der Waals surface area contributed by atoms with Crippen molar-refractivity contribution in [3.63, 3.8) is 0 Å². The van der Waals surface area contributed by atoms with E-state index in [9.17, 15) is 15.3 Å². The number of nitrogen functional groups attached to an aromatic ring is 1. The summed E-state index contributed by atoms with van der Waals surface area (Å²) in [4.78, 5) is 3.85. The van der Waals surface area contributed by atoms with Crippen LogP contribution in [0.5, 0.6) is 0 Å². The number of ether oxygens (including phenoxy) is 1. The molecule has 0 unspecified atom stereocenters. The summed E-state index contributed by atoms with van der Waals surface area (Å²) >= 11 is 0. The zero-order chi connectivity index (χ0) is 15.2. The molecule has 0 bridgehead atoms. The van der Waals surface area contributed by atoms with E-state index in [2.05, 4.69) is 16.0 Å². The van der Waals surface area contributed by atoms with Crippen LogP contribution in [-0.2, 0) is 10.3 Å². The van der Waals surface area contributed by atoms with Crippen LogP contribution in [0.4, 0.5) is 5.82 Å². The molecule has 0 spiro atoms. The number of aliphatic hydroxyl groups excluding tert-OH is 2. The van der Waals surface area contributed by atoms with Crippen LogP contribution >= 0.6 is 0 Å². The Morgan fingerprint density at radius 3 is 2.95 bits per heavy atom. The van der Waals surface area contributed by atoms with Crippen LogP contribution in [0.25, 0.3) is 5.52 Å². The second kappa shape index (κ2) is 4.68. The predicted molar refractivity (Wildman–Crippen MR) is 71.9 cm³/mol. The highest BCUT2D eigenvalue weighted by Gasteiger charge is 2.57. The molecule has 8 nitrogen and oxygen atoms in total. The molecule has 4 atom stereocenters. The van der Waals surface area contributed by atoms with E-state index in [1.807, 2.05) is 0 Å². The maximum absolute atomic E-state index is 10.9. The molecular formula is C13H14N4O4. The van der Waals surface area contributed by atoms with Crippen LogP contribution in [0.3, 0.4) is 0 Å². The van der Waals surface area contributed by atoms with E-state index < -0.39 is 30.5 Å². The summed E-state index contributed by atoms with van der Waals surface area (Å²) in [6.45, 7) is -0.470. The maximum Gasteiger partial charge on any atom is 0.172 e. The van der Waals surface area contributed by atoms with Crippen molar-refractivity contribution in [1.82, 2.24) is 14.6 Å². The molecule has 5 N–H and O–H groups in total. The van der Waals surface area contributed by atoms with Crippen molar-refractivity contribution in [2.24, 2.45) is 0 Å². The number of terminal acetylenes is 1. The van der Waals surface area contributed by atoms with E-state index in [1.54, 1.807) is 6.07 Å². The standard InChI is InChI=1S/C13H14N4O4/c1-2-10-13(20,11(19)8(5-18)21-10)9-4-3-7-12(14)15-6-16-17(7)9/h1,3-4,6,8,10-11,18-20H,5H2,(H2,14,15,16)/t8-,10-,11-,13+/m1/s1. The van der Waals surface area contributed by atoms with Gasteiger partial charge in [0.1, 0.15) is 24.1 Å². The first-order valence-corrected chi connectivity index (χ1v) is 6.25. The molecule has 110 valence electrons. The zero-order valence-corrected chi connectivity index (χ0v) is 10.9. The van der Waals surface area contributed by atoms with Gasteiger partial charge in [0.2, 0.25) is 0 Å². The molecule has 0 amide bonds. The fourth-order valence-electron chi connectivity index (χ4n) is 2.64. The summed E-state index contributed by atoms with van der Waals surface area (Å²) in [5.41, 5.74) is 4.52. The number of nitrogens with two attached hydrogens (primary N) is 1. The Morgan fingerprint density at radius 1 is 1.52 bits per heavy atom. The molecule has 8 heteroatoms. The SMILES string of the molecule is C#C[C@H]1O[C@H](CO)[C@@H](O)[C@]1(O)c1ccc2c(N)ncnn12. The van der Waals surface area contributed by atoms with Crippen molar-refractivity contribution >= 4 is 11.3 Å². The monoisotopic (exact) mass is 290 g/mol. The Hall–Kier alpha value is -2.18. The van der Waals surface area contributed by atoms with E-state index in [4.69, 9.17) is 16.9 Å². The van der Waals surface area contributed by atoms with Gasteiger partial charge in [0.15, 0.2) is 17.5 Å². The third-order valence-corrected chi connectivity index (χ3v) is 3.74. The topological polar surface area (TPSA) is 126 Å². The Kier molecular flexibility index (Phi) is 3.07. The number of rotatable bonds is 2. The third-order valence-electron chi connectivity index (χ3n) is 3.74. The summed E-state index contributed by atoms with van der Waals surface area (Å²) in [7, 11) is 0. The maximum atomic E-state index is 10.9. The van der Waals surface area contributed by atoms with Gasteiger partial charge in [-0.05, 0) is 12.1 Å². The van der Waals surface area contributed by atoms with Gasteiger partial charge in [-0.2, -0.15) is 5.10 Å². The highest BCUT2D eigenvalue weighted by molar-refractivity contribution is 5.65. The van der Waals surface area contributed by atoms with E-state index in [0.29, 0.717) is 5.52 Å². The quantitative estimate of drug-likeness (QED) is 0.483. The number of anilines is 1. The van der Waals surface area contributed by atoms with E-state index in [1.165, 1.54) is 16.9 Å². The second-order valence-electron chi connectivity index (χ2n) is 4.83. The average molecular weight is 290 g/mol.